The lowest BCUT2D eigenvalue weighted by atomic mass is 10.1. The molecule has 1 aromatic carbocycles. The second kappa shape index (κ2) is 12.9. The summed E-state index contributed by atoms with van der Waals surface area (Å²) in [4.78, 5) is 52.9. The predicted octanol–water partition coefficient (Wildman–Crippen LogP) is 1.65. The normalized spacial score (nSPS) is 17.8. The van der Waals surface area contributed by atoms with E-state index >= 15 is 0 Å². The molecule has 0 bridgehead atoms. The van der Waals surface area contributed by atoms with Crippen molar-refractivity contribution in [3.8, 4) is 0 Å². The average Bonchev–Trinajstić information content (AvgIpc) is 3.32. The van der Waals surface area contributed by atoms with E-state index < -0.39 is 67.0 Å². The molecule has 12 nitrogen and oxygen atoms in total. The summed E-state index contributed by atoms with van der Waals surface area (Å²) in [6.07, 6.45) is -4.43. The number of nitrogens with one attached hydrogen (secondary N) is 3. The van der Waals surface area contributed by atoms with Crippen LogP contribution in [0.4, 0.5) is 23.8 Å². The van der Waals surface area contributed by atoms with Gasteiger partial charge < -0.3 is 35.8 Å². The first-order valence-corrected chi connectivity index (χ1v) is 11.7. The van der Waals surface area contributed by atoms with Gasteiger partial charge in [-0.25, -0.2) is 14.6 Å². The third kappa shape index (κ3) is 8.56. The molecule has 3 rings (SSSR count). The van der Waals surface area contributed by atoms with Gasteiger partial charge in [-0.1, -0.05) is 6.07 Å². The molecule has 1 aliphatic rings. The maximum atomic E-state index is 12.7. The summed E-state index contributed by atoms with van der Waals surface area (Å²) in [5.41, 5.74) is -1.16. The Labute approximate surface area is 220 Å². The number of ether oxygens (including phenoxy) is 1. The third-order valence-corrected chi connectivity index (χ3v) is 5.84. The number of carboxylic acids is 1. The number of aliphatic carboxylic acids is 1. The highest BCUT2D eigenvalue weighted by Crippen LogP contribution is 2.29. The van der Waals surface area contributed by atoms with E-state index in [1.54, 1.807) is 24.4 Å². The molecule has 2 aromatic rings. The van der Waals surface area contributed by atoms with E-state index in [1.165, 1.54) is 4.90 Å². The fraction of sp³-hybridized carbons (Fsp3) is 0.375. The van der Waals surface area contributed by atoms with Gasteiger partial charge in [-0.3, -0.25) is 9.59 Å². The first-order valence-electron chi connectivity index (χ1n) is 11.7. The van der Waals surface area contributed by atoms with Crippen LogP contribution in [-0.2, 0) is 20.5 Å². The van der Waals surface area contributed by atoms with Crippen LogP contribution < -0.4 is 16.0 Å². The predicted molar refractivity (Wildman–Crippen MR) is 129 cm³/mol. The lowest BCUT2D eigenvalue weighted by Gasteiger charge is -2.21. The van der Waals surface area contributed by atoms with E-state index in [9.17, 15) is 42.6 Å². The number of benzene rings is 1. The molecule has 15 heteroatoms. The number of rotatable bonds is 11. The molecule has 1 fully saturated rings. The Kier molecular flexibility index (Phi) is 9.65. The molecule has 0 saturated carbocycles. The molecule has 210 valence electrons. The second-order valence-corrected chi connectivity index (χ2v) is 8.60. The van der Waals surface area contributed by atoms with Crippen molar-refractivity contribution in [2.45, 2.75) is 30.8 Å². The Morgan fingerprint density at radius 1 is 1.10 bits per heavy atom. The van der Waals surface area contributed by atoms with E-state index in [1.807, 2.05) is 0 Å². The van der Waals surface area contributed by atoms with Gasteiger partial charge in [-0.05, 0) is 42.8 Å². The molecule has 2 heterocycles. The van der Waals surface area contributed by atoms with Crippen molar-refractivity contribution in [3.05, 3.63) is 59.8 Å². The number of nitrogens with zero attached hydrogens (tertiary/aromatic N) is 2. The summed E-state index contributed by atoms with van der Waals surface area (Å²) in [6.45, 7) is -0.712. The number of carbonyl (C=O) groups is 4. The summed E-state index contributed by atoms with van der Waals surface area (Å²) < 4.78 is 43.6. The zero-order valence-corrected chi connectivity index (χ0v) is 20.4. The van der Waals surface area contributed by atoms with Crippen molar-refractivity contribution in [1.29, 1.82) is 0 Å². The van der Waals surface area contributed by atoms with Gasteiger partial charge in [0.15, 0.2) is 0 Å². The van der Waals surface area contributed by atoms with Crippen LogP contribution in [0.3, 0.4) is 0 Å². The van der Waals surface area contributed by atoms with Crippen molar-refractivity contribution in [3.63, 3.8) is 0 Å². The number of pyridine rings is 1. The summed E-state index contributed by atoms with van der Waals surface area (Å²) >= 11 is 0. The first-order chi connectivity index (χ1) is 18.4. The summed E-state index contributed by atoms with van der Waals surface area (Å²) in [5, 5.41) is 26.3. The molecule has 1 saturated heterocycles. The number of carboxylic acid groups (broad SMARTS) is 2. The van der Waals surface area contributed by atoms with Crippen LogP contribution in [0.2, 0.25) is 0 Å². The quantitative estimate of drug-likeness (QED) is 0.278. The lowest BCUT2D eigenvalue weighted by molar-refractivity contribution is -0.139. The molecule has 3 atom stereocenters. The van der Waals surface area contributed by atoms with Gasteiger partial charge in [0.1, 0.15) is 18.5 Å². The number of anilines is 1. The van der Waals surface area contributed by atoms with E-state index in [0.29, 0.717) is 24.4 Å². The molecule has 39 heavy (non-hydrogen) atoms. The van der Waals surface area contributed by atoms with Crippen molar-refractivity contribution in [2.24, 2.45) is 0 Å². The van der Waals surface area contributed by atoms with Crippen LogP contribution in [0, 0.1) is 0 Å². The summed E-state index contributed by atoms with van der Waals surface area (Å²) in [5.74, 6) is -2.55. The number of halogens is 3. The maximum Gasteiger partial charge on any atom is 0.416 e. The molecule has 1 aromatic heterocycles. The molecule has 0 aliphatic carbocycles. The minimum absolute atomic E-state index is 0.0259. The molecule has 0 spiro atoms. The van der Waals surface area contributed by atoms with Gasteiger partial charge in [0.05, 0.1) is 24.3 Å². The van der Waals surface area contributed by atoms with E-state index in [4.69, 9.17) is 4.74 Å². The number of likely N-dealkylation sites (tertiary alicyclic amines) is 1. The minimum atomic E-state index is -4.59. The number of amides is 3. The van der Waals surface area contributed by atoms with Crippen molar-refractivity contribution < 1.29 is 47.3 Å². The standard InChI is InChI=1S/C24H26F3N5O7/c25-24(26,27)15-6-4-14(5-7-15)21(34)31-18(22(35)36)11-30-20(33)13-39-17-9-16(32(12-17)23(37)38)10-29-19-3-1-2-8-28-19/h1-8,16-18H,9-13H2,(H,28,29)(H,30,33)(H,31,34)(H,35,36)(H,37,38). The molecule has 5 N–H and O–H groups in total. The summed E-state index contributed by atoms with van der Waals surface area (Å²) in [7, 11) is 0. The number of aromatic nitrogens is 1. The number of carbonyl (C=O) groups excluding carboxylic acids is 2. The van der Waals surface area contributed by atoms with Crippen molar-refractivity contribution in [1.82, 2.24) is 20.5 Å². The molecule has 1 aliphatic heterocycles. The lowest BCUT2D eigenvalue weighted by Crippen LogP contribution is -2.49. The Morgan fingerprint density at radius 3 is 2.41 bits per heavy atom. The summed E-state index contributed by atoms with van der Waals surface area (Å²) in [6, 6.07) is 6.44. The SMILES string of the molecule is O=C(COC1CC(CNc2ccccn2)N(C(=O)O)C1)NCC(NC(=O)c1ccc(C(F)(F)F)cc1)C(=O)O. The van der Waals surface area contributed by atoms with Gasteiger partial charge in [0, 0.05) is 24.8 Å². The largest absolute Gasteiger partial charge is 0.480 e. The Bertz CT molecular complexity index is 1160. The Hall–Kier alpha value is -4.40. The molecular weight excluding hydrogens is 527 g/mol. The smallest absolute Gasteiger partial charge is 0.416 e. The maximum absolute atomic E-state index is 12.7. The topological polar surface area (TPSA) is 170 Å². The molecular formula is C24H26F3N5O7. The van der Waals surface area contributed by atoms with Crippen LogP contribution in [0.25, 0.3) is 0 Å². The molecule has 3 unspecified atom stereocenters. The van der Waals surface area contributed by atoms with Gasteiger partial charge in [-0.2, -0.15) is 13.2 Å². The zero-order valence-electron chi connectivity index (χ0n) is 20.4. The van der Waals surface area contributed by atoms with E-state index in [2.05, 4.69) is 20.9 Å². The fourth-order valence-electron chi connectivity index (χ4n) is 3.82. The number of alkyl halides is 3. The number of hydrogen-bond acceptors (Lipinski definition) is 7. The van der Waals surface area contributed by atoms with Crippen LogP contribution in [0.1, 0.15) is 22.3 Å². The average molecular weight is 553 g/mol. The van der Waals surface area contributed by atoms with Crippen LogP contribution in [-0.4, -0.2) is 88.4 Å². The van der Waals surface area contributed by atoms with E-state index in [0.717, 1.165) is 12.1 Å². The minimum Gasteiger partial charge on any atom is -0.480 e. The second-order valence-electron chi connectivity index (χ2n) is 8.60. The highest BCUT2D eigenvalue weighted by atomic mass is 19.4. The number of hydrogen-bond donors (Lipinski definition) is 5. The third-order valence-electron chi connectivity index (χ3n) is 5.84. The fourth-order valence-corrected chi connectivity index (χ4v) is 3.82. The monoisotopic (exact) mass is 553 g/mol. The highest BCUT2D eigenvalue weighted by Gasteiger charge is 2.36. The van der Waals surface area contributed by atoms with Crippen LogP contribution in [0.15, 0.2) is 48.7 Å². The van der Waals surface area contributed by atoms with Gasteiger partial charge in [-0.15, -0.1) is 0 Å². The van der Waals surface area contributed by atoms with E-state index in [-0.39, 0.29) is 18.7 Å². The van der Waals surface area contributed by atoms with Crippen LogP contribution >= 0.6 is 0 Å². The zero-order chi connectivity index (χ0) is 28.6. The van der Waals surface area contributed by atoms with Gasteiger partial charge in [0.2, 0.25) is 5.91 Å². The van der Waals surface area contributed by atoms with Crippen LogP contribution in [0.5, 0.6) is 0 Å². The Morgan fingerprint density at radius 2 is 1.82 bits per heavy atom. The molecule has 0 radical (unpaired) electrons. The Balaban J connectivity index is 1.46. The first kappa shape index (κ1) is 29.2. The highest BCUT2D eigenvalue weighted by molar-refractivity contribution is 5.96. The van der Waals surface area contributed by atoms with Crippen molar-refractivity contribution >= 4 is 29.7 Å². The molecule has 3 amide bonds. The van der Waals surface area contributed by atoms with Crippen molar-refractivity contribution in [2.75, 3.05) is 31.6 Å². The van der Waals surface area contributed by atoms with Gasteiger partial charge >= 0.3 is 18.2 Å². The van der Waals surface area contributed by atoms with Gasteiger partial charge in [0.25, 0.3) is 5.91 Å².